The summed E-state index contributed by atoms with van der Waals surface area (Å²) >= 11 is 0. The number of quaternary nitrogens is 1. The van der Waals surface area contributed by atoms with E-state index in [0.717, 1.165) is 4.48 Å². The minimum atomic E-state index is 0. The monoisotopic (exact) mass is 468 g/mol. The standard InChI is InChI=1S/C24H45N.C5H5.Fe/c1-4-5-6-7-8-9-10-11-12-13-14-15-16-19-22-25(2,3)23-24-20-17-18-21-24;1-2-4-5-3-1;/h17-18,20-21H,4-16,19,22-23H2,1-3H3;1-5H;/q;-1;+2. The molecule has 0 aromatic heterocycles. The summed E-state index contributed by atoms with van der Waals surface area (Å²) in [6, 6.07) is 18.8. The zero-order valence-corrected chi connectivity index (χ0v) is 21.9. The number of nitrogens with zero attached hydrogens (tertiary/aromatic N) is 1. The van der Waals surface area contributed by atoms with Crippen LogP contribution in [0.4, 0.5) is 0 Å². The minimum absolute atomic E-state index is 0. The summed E-state index contributed by atoms with van der Waals surface area (Å²) in [5.41, 5.74) is 1.48. The number of unbranched alkanes of at least 4 members (excludes halogenated alkanes) is 13. The molecule has 0 atom stereocenters. The van der Waals surface area contributed by atoms with Gasteiger partial charge in [-0.3, -0.25) is 0 Å². The van der Waals surface area contributed by atoms with Crippen LogP contribution in [0, 0.1) is 0 Å². The van der Waals surface area contributed by atoms with E-state index in [1.54, 1.807) is 0 Å². The van der Waals surface area contributed by atoms with Gasteiger partial charge in [0.15, 0.2) is 0 Å². The molecule has 0 heterocycles. The molecule has 0 fully saturated rings. The van der Waals surface area contributed by atoms with Crippen LogP contribution in [0.2, 0.25) is 0 Å². The molecule has 0 aliphatic heterocycles. The molecule has 2 heteroatoms. The Morgan fingerprint density at radius 1 is 0.645 bits per heavy atom. The zero-order valence-electron chi connectivity index (χ0n) is 20.8. The normalized spacial score (nSPS) is 10.9. The summed E-state index contributed by atoms with van der Waals surface area (Å²) in [5, 5.41) is 0. The summed E-state index contributed by atoms with van der Waals surface area (Å²) in [6.45, 7) is 4.78. The molecule has 1 nitrogen and oxygen atoms in total. The summed E-state index contributed by atoms with van der Waals surface area (Å²) in [4.78, 5) is 0. The van der Waals surface area contributed by atoms with E-state index in [9.17, 15) is 0 Å². The van der Waals surface area contributed by atoms with Gasteiger partial charge in [-0.15, -0.1) is 5.56 Å². The van der Waals surface area contributed by atoms with Crippen molar-refractivity contribution in [1.82, 2.24) is 0 Å². The van der Waals surface area contributed by atoms with Gasteiger partial charge in [-0.1, -0.05) is 84.0 Å². The molecule has 0 unspecified atom stereocenters. The van der Waals surface area contributed by atoms with Crippen molar-refractivity contribution < 1.29 is 21.6 Å². The maximum atomic E-state index is 2.37. The first-order chi connectivity index (χ1) is 14.6. The number of rotatable bonds is 17. The number of hydrogen-bond acceptors (Lipinski definition) is 0. The molecule has 2 aromatic rings. The van der Waals surface area contributed by atoms with Crippen molar-refractivity contribution in [2.45, 2.75) is 103 Å². The first-order valence-corrected chi connectivity index (χ1v) is 12.8. The van der Waals surface area contributed by atoms with Crippen molar-refractivity contribution in [3.05, 3.63) is 60.2 Å². The third-order valence-electron chi connectivity index (χ3n) is 6.01. The summed E-state index contributed by atoms with van der Waals surface area (Å²) in [6.07, 6.45) is 20.2. The molecule has 0 saturated carbocycles. The maximum absolute atomic E-state index is 2.37. The second-order valence-electron chi connectivity index (χ2n) is 9.67. The third-order valence-corrected chi connectivity index (χ3v) is 6.01. The van der Waals surface area contributed by atoms with Crippen molar-refractivity contribution in [1.29, 1.82) is 0 Å². The van der Waals surface area contributed by atoms with E-state index in [2.05, 4.69) is 45.3 Å². The molecule has 0 aliphatic carbocycles. The van der Waals surface area contributed by atoms with Gasteiger partial charge in [-0.25, -0.2) is 24.3 Å². The Morgan fingerprint density at radius 2 is 1.13 bits per heavy atom. The SMILES string of the molecule is CCCCCCCCCCCCCCCC[N+](C)(C)Cc1ccc[cH-]1.[Fe+2].c1cc[cH-]c1. The van der Waals surface area contributed by atoms with Crippen LogP contribution in [0.3, 0.4) is 0 Å². The smallest absolute Gasteiger partial charge is 0.326 e. The molecule has 0 spiro atoms. The van der Waals surface area contributed by atoms with Crippen LogP contribution in [-0.4, -0.2) is 25.1 Å². The van der Waals surface area contributed by atoms with Crippen LogP contribution < -0.4 is 0 Å². The van der Waals surface area contributed by atoms with Crippen LogP contribution >= 0.6 is 0 Å². The predicted molar refractivity (Wildman–Crippen MR) is 135 cm³/mol. The Morgan fingerprint density at radius 3 is 1.52 bits per heavy atom. The summed E-state index contributed by atoms with van der Waals surface area (Å²) < 4.78 is 1.13. The second kappa shape index (κ2) is 21.0. The van der Waals surface area contributed by atoms with Gasteiger partial charge in [0.25, 0.3) is 0 Å². The van der Waals surface area contributed by atoms with Crippen LogP contribution in [-0.2, 0) is 23.6 Å². The largest absolute Gasteiger partial charge is 2.00 e. The number of hydrogen-bond donors (Lipinski definition) is 0. The predicted octanol–water partition coefficient (Wildman–Crippen LogP) is 8.87. The molecule has 2 rings (SSSR count). The van der Waals surface area contributed by atoms with Crippen LogP contribution in [0.25, 0.3) is 0 Å². The van der Waals surface area contributed by atoms with Gasteiger partial charge in [0.1, 0.15) is 0 Å². The van der Waals surface area contributed by atoms with E-state index in [0.29, 0.717) is 0 Å². The summed E-state index contributed by atoms with van der Waals surface area (Å²) in [5.74, 6) is 0. The Kier molecular flexibility index (Phi) is 20.5. The van der Waals surface area contributed by atoms with Gasteiger partial charge in [-0.2, -0.15) is 30.3 Å². The Bertz CT molecular complexity index is 524. The van der Waals surface area contributed by atoms with Gasteiger partial charge in [0.2, 0.25) is 0 Å². The van der Waals surface area contributed by atoms with Gasteiger partial charge in [0.05, 0.1) is 27.2 Å². The zero-order chi connectivity index (χ0) is 21.8. The van der Waals surface area contributed by atoms with E-state index in [-0.39, 0.29) is 17.1 Å². The third kappa shape index (κ3) is 19.6. The van der Waals surface area contributed by atoms with Crippen LogP contribution in [0.1, 0.15) is 102 Å². The van der Waals surface area contributed by atoms with E-state index in [1.807, 2.05) is 30.3 Å². The molecule has 0 N–H and O–H groups in total. The molecule has 0 aliphatic rings. The molecule has 2 aromatic carbocycles. The van der Waals surface area contributed by atoms with E-state index >= 15 is 0 Å². The van der Waals surface area contributed by atoms with E-state index in [1.165, 1.54) is 109 Å². The van der Waals surface area contributed by atoms with Gasteiger partial charge >= 0.3 is 17.1 Å². The van der Waals surface area contributed by atoms with Crippen LogP contribution in [0.5, 0.6) is 0 Å². The second-order valence-corrected chi connectivity index (χ2v) is 9.67. The van der Waals surface area contributed by atoms with Gasteiger partial charge in [-0.05, 0) is 12.8 Å². The molecular formula is C29H50FeN+. The van der Waals surface area contributed by atoms with Gasteiger partial charge < -0.3 is 4.48 Å². The van der Waals surface area contributed by atoms with Crippen molar-refractivity contribution in [2.75, 3.05) is 20.6 Å². The molecular weight excluding hydrogens is 418 g/mol. The maximum Gasteiger partial charge on any atom is 2.00 e. The molecule has 178 valence electrons. The molecule has 0 amide bonds. The van der Waals surface area contributed by atoms with Crippen molar-refractivity contribution in [3.63, 3.8) is 0 Å². The first-order valence-electron chi connectivity index (χ1n) is 12.8. The fraction of sp³-hybridized carbons (Fsp3) is 0.655. The van der Waals surface area contributed by atoms with Crippen molar-refractivity contribution in [2.24, 2.45) is 0 Å². The Balaban J connectivity index is 0.00000131. The topological polar surface area (TPSA) is 0 Å². The molecule has 0 radical (unpaired) electrons. The average Bonchev–Trinajstić information content (AvgIpc) is 3.45. The minimum Gasteiger partial charge on any atom is -0.326 e. The molecule has 0 bridgehead atoms. The Labute approximate surface area is 205 Å². The average molecular weight is 469 g/mol. The fourth-order valence-corrected chi connectivity index (χ4v) is 4.15. The molecule has 31 heavy (non-hydrogen) atoms. The van der Waals surface area contributed by atoms with Gasteiger partial charge in [0, 0.05) is 0 Å². The van der Waals surface area contributed by atoms with Crippen LogP contribution in [0.15, 0.2) is 54.6 Å². The first kappa shape index (κ1) is 30.2. The quantitative estimate of drug-likeness (QED) is 0.0941. The molecule has 0 saturated heterocycles. The fourth-order valence-electron chi connectivity index (χ4n) is 4.15. The van der Waals surface area contributed by atoms with E-state index < -0.39 is 0 Å². The Hall–Kier alpha value is -0.821. The summed E-state index contributed by atoms with van der Waals surface area (Å²) in [7, 11) is 4.74. The van der Waals surface area contributed by atoms with Crippen molar-refractivity contribution >= 4 is 0 Å². The van der Waals surface area contributed by atoms with E-state index in [4.69, 9.17) is 0 Å². The van der Waals surface area contributed by atoms with Crippen molar-refractivity contribution in [3.8, 4) is 0 Å².